The van der Waals surface area contributed by atoms with Crippen LogP contribution in [0.4, 0.5) is 11.4 Å². The zero-order chi connectivity index (χ0) is 21.4. The summed E-state index contributed by atoms with van der Waals surface area (Å²) in [5.41, 5.74) is 4.90. The van der Waals surface area contributed by atoms with Crippen molar-refractivity contribution >= 4 is 44.1 Å². The Morgan fingerprint density at radius 1 is 1.00 bits per heavy atom. The van der Waals surface area contributed by atoms with E-state index in [1.54, 1.807) is 24.3 Å². The highest BCUT2D eigenvalue weighted by Crippen LogP contribution is 2.37. The zero-order valence-corrected chi connectivity index (χ0v) is 18.1. The molecule has 0 fully saturated rings. The van der Waals surface area contributed by atoms with Crippen LogP contribution in [-0.2, 0) is 13.0 Å². The minimum absolute atomic E-state index is 0.0112. The van der Waals surface area contributed by atoms with Crippen LogP contribution >= 0.6 is 15.9 Å². The highest BCUT2D eigenvalue weighted by atomic mass is 79.9. The van der Waals surface area contributed by atoms with Gasteiger partial charge in [-0.1, -0.05) is 40.2 Å². The van der Waals surface area contributed by atoms with Crippen LogP contribution in [0.15, 0.2) is 81.4 Å². The van der Waals surface area contributed by atoms with Gasteiger partial charge in [0, 0.05) is 28.5 Å². The van der Waals surface area contributed by atoms with Gasteiger partial charge in [-0.25, -0.2) is 0 Å². The smallest absolute Gasteiger partial charge is 0.254 e. The fraction of sp³-hybridized carbons (Fsp3) is 0.125. The normalized spacial score (nSPS) is 13.6. The van der Waals surface area contributed by atoms with E-state index in [4.69, 9.17) is 0 Å². The summed E-state index contributed by atoms with van der Waals surface area (Å²) in [6, 6.07) is 20.9. The summed E-state index contributed by atoms with van der Waals surface area (Å²) in [6.07, 6.45) is 0.873. The fourth-order valence-corrected chi connectivity index (χ4v) is 4.23. The van der Waals surface area contributed by atoms with E-state index < -0.39 is 0 Å². The molecular formula is C24H19BrN4O2. The van der Waals surface area contributed by atoms with Gasteiger partial charge in [-0.3, -0.25) is 4.79 Å². The number of aromatic amines is 1. The lowest BCUT2D eigenvalue weighted by Crippen LogP contribution is -2.35. The predicted octanol–water partition coefficient (Wildman–Crippen LogP) is 6.25. The quantitative estimate of drug-likeness (QED) is 0.344. The van der Waals surface area contributed by atoms with E-state index in [-0.39, 0.29) is 11.8 Å². The van der Waals surface area contributed by atoms with Gasteiger partial charge in [0.2, 0.25) is 5.88 Å². The highest BCUT2D eigenvalue weighted by Gasteiger charge is 2.21. The van der Waals surface area contributed by atoms with Gasteiger partial charge in [-0.2, -0.15) is 5.11 Å². The maximum Gasteiger partial charge on any atom is 0.254 e. The summed E-state index contributed by atoms with van der Waals surface area (Å²) >= 11 is 3.43. The van der Waals surface area contributed by atoms with Gasteiger partial charge in [-0.15, -0.1) is 5.11 Å². The molecule has 5 rings (SSSR count). The topological polar surface area (TPSA) is 81.0 Å². The average molecular weight is 475 g/mol. The van der Waals surface area contributed by atoms with Crippen molar-refractivity contribution in [2.75, 3.05) is 6.54 Å². The molecular weight excluding hydrogens is 456 g/mol. The Morgan fingerprint density at radius 3 is 2.58 bits per heavy atom. The van der Waals surface area contributed by atoms with E-state index in [1.807, 2.05) is 35.2 Å². The Labute approximate surface area is 187 Å². The Balaban J connectivity index is 1.33. The third-order valence-corrected chi connectivity index (χ3v) is 6.00. The molecule has 0 spiro atoms. The summed E-state index contributed by atoms with van der Waals surface area (Å²) in [5, 5.41) is 19.4. The number of nitrogens with zero attached hydrogens (tertiary/aromatic N) is 3. The van der Waals surface area contributed by atoms with Gasteiger partial charge in [-0.05, 0) is 60.0 Å². The number of aromatic nitrogens is 1. The van der Waals surface area contributed by atoms with Gasteiger partial charge in [0.25, 0.3) is 5.91 Å². The molecule has 4 aromatic rings. The number of benzene rings is 3. The molecule has 7 heteroatoms. The van der Waals surface area contributed by atoms with Crippen LogP contribution < -0.4 is 0 Å². The average Bonchev–Trinajstić information content (AvgIpc) is 3.11. The number of H-pyrrole nitrogens is 1. The molecule has 0 aliphatic carbocycles. The number of nitrogens with one attached hydrogen (secondary N) is 1. The van der Waals surface area contributed by atoms with E-state index in [9.17, 15) is 9.90 Å². The van der Waals surface area contributed by atoms with Crippen LogP contribution in [0.1, 0.15) is 21.5 Å². The molecule has 1 aromatic heterocycles. The Morgan fingerprint density at radius 2 is 1.77 bits per heavy atom. The molecule has 0 saturated heterocycles. The molecule has 154 valence electrons. The number of halogens is 1. The number of aromatic hydroxyl groups is 1. The van der Waals surface area contributed by atoms with E-state index >= 15 is 0 Å². The van der Waals surface area contributed by atoms with Gasteiger partial charge in [0.15, 0.2) is 5.69 Å². The van der Waals surface area contributed by atoms with E-state index in [1.165, 1.54) is 11.1 Å². The Bertz CT molecular complexity index is 1310. The lowest BCUT2D eigenvalue weighted by Gasteiger charge is -2.29. The van der Waals surface area contributed by atoms with Crippen LogP contribution in [0.3, 0.4) is 0 Å². The second-order valence-corrected chi connectivity index (χ2v) is 8.42. The molecule has 0 bridgehead atoms. The van der Waals surface area contributed by atoms with Crippen molar-refractivity contribution in [3.8, 4) is 5.88 Å². The van der Waals surface area contributed by atoms with Crippen molar-refractivity contribution in [1.82, 2.24) is 9.88 Å². The van der Waals surface area contributed by atoms with Crippen molar-refractivity contribution < 1.29 is 9.90 Å². The number of rotatable bonds is 3. The standard InChI is InChI=1S/C24H19BrN4O2/c25-18-7-10-21-20(13-18)22(23(30)26-21)28-27-19-8-5-16(6-9-19)24(31)29-12-11-15-3-1-2-4-17(15)14-29/h1-10,13,26,30H,11-12,14H2. The molecule has 2 N–H and O–H groups in total. The molecule has 2 heterocycles. The largest absolute Gasteiger partial charge is 0.493 e. The number of carbonyl (C=O) groups excluding carboxylic acids is 1. The lowest BCUT2D eigenvalue weighted by atomic mass is 9.99. The third-order valence-electron chi connectivity index (χ3n) is 5.51. The maximum atomic E-state index is 12.9. The van der Waals surface area contributed by atoms with Crippen molar-refractivity contribution in [2.24, 2.45) is 10.2 Å². The van der Waals surface area contributed by atoms with Crippen LogP contribution in [-0.4, -0.2) is 27.4 Å². The minimum atomic E-state index is -0.0333. The first-order valence-electron chi connectivity index (χ1n) is 9.96. The molecule has 1 amide bonds. The van der Waals surface area contributed by atoms with E-state index in [0.717, 1.165) is 21.8 Å². The van der Waals surface area contributed by atoms with Gasteiger partial charge in [0.05, 0.1) is 11.2 Å². The monoisotopic (exact) mass is 474 g/mol. The second kappa shape index (κ2) is 8.00. The predicted molar refractivity (Wildman–Crippen MR) is 123 cm³/mol. The number of amides is 1. The number of carbonyl (C=O) groups is 1. The SMILES string of the molecule is O=C(c1ccc(N=Nc2c(O)[nH]c3ccc(Br)cc23)cc1)N1CCc2ccccc2C1. The fourth-order valence-electron chi connectivity index (χ4n) is 3.87. The number of hydrogen-bond acceptors (Lipinski definition) is 4. The Kier molecular flexibility index (Phi) is 5.03. The molecule has 0 unspecified atom stereocenters. The molecule has 0 atom stereocenters. The first-order chi connectivity index (χ1) is 15.1. The molecule has 0 saturated carbocycles. The summed E-state index contributed by atoms with van der Waals surface area (Å²) in [7, 11) is 0. The molecule has 31 heavy (non-hydrogen) atoms. The Hall–Kier alpha value is -3.45. The molecule has 6 nitrogen and oxygen atoms in total. The molecule has 3 aromatic carbocycles. The van der Waals surface area contributed by atoms with E-state index in [0.29, 0.717) is 30.0 Å². The van der Waals surface area contributed by atoms with E-state index in [2.05, 4.69) is 43.3 Å². The summed E-state index contributed by atoms with van der Waals surface area (Å²) < 4.78 is 0.888. The van der Waals surface area contributed by atoms with Crippen molar-refractivity contribution in [3.63, 3.8) is 0 Å². The number of azo groups is 1. The van der Waals surface area contributed by atoms with Gasteiger partial charge < -0.3 is 15.0 Å². The van der Waals surface area contributed by atoms with Crippen molar-refractivity contribution in [3.05, 3.63) is 87.9 Å². The summed E-state index contributed by atoms with van der Waals surface area (Å²) in [4.78, 5) is 17.7. The van der Waals surface area contributed by atoms with Crippen LogP contribution in [0.5, 0.6) is 5.88 Å². The van der Waals surface area contributed by atoms with Gasteiger partial charge in [0.1, 0.15) is 0 Å². The van der Waals surface area contributed by atoms with Crippen molar-refractivity contribution in [2.45, 2.75) is 13.0 Å². The maximum absolute atomic E-state index is 12.9. The second-order valence-electron chi connectivity index (χ2n) is 7.50. The lowest BCUT2D eigenvalue weighted by molar-refractivity contribution is 0.0734. The summed E-state index contributed by atoms with van der Waals surface area (Å²) in [6.45, 7) is 1.35. The van der Waals surface area contributed by atoms with Crippen LogP contribution in [0, 0.1) is 0 Å². The van der Waals surface area contributed by atoms with Crippen LogP contribution in [0.25, 0.3) is 10.9 Å². The van der Waals surface area contributed by atoms with Crippen LogP contribution in [0.2, 0.25) is 0 Å². The first kappa shape index (κ1) is 19.5. The highest BCUT2D eigenvalue weighted by molar-refractivity contribution is 9.10. The number of fused-ring (bicyclic) bond motifs is 2. The third kappa shape index (κ3) is 3.84. The van der Waals surface area contributed by atoms with Gasteiger partial charge >= 0.3 is 0 Å². The number of hydrogen-bond donors (Lipinski definition) is 2. The first-order valence-corrected chi connectivity index (χ1v) is 10.8. The molecule has 0 radical (unpaired) electrons. The minimum Gasteiger partial charge on any atom is -0.493 e. The summed E-state index contributed by atoms with van der Waals surface area (Å²) in [5.74, 6) is -0.0221. The molecule has 1 aliphatic rings. The zero-order valence-electron chi connectivity index (χ0n) is 16.5. The molecule has 1 aliphatic heterocycles. The van der Waals surface area contributed by atoms with Crippen molar-refractivity contribution in [1.29, 1.82) is 0 Å².